The number of rotatable bonds is 3. The maximum atomic E-state index is 12.2. The van der Waals surface area contributed by atoms with Crippen molar-refractivity contribution >= 4 is 5.91 Å². The quantitative estimate of drug-likeness (QED) is 0.760. The van der Waals surface area contributed by atoms with E-state index in [4.69, 9.17) is 0 Å². The Hall–Kier alpha value is -0.570. The van der Waals surface area contributed by atoms with Crippen LogP contribution in [0.4, 0.5) is 0 Å². The molecule has 2 fully saturated rings. The van der Waals surface area contributed by atoms with E-state index in [0.29, 0.717) is 17.9 Å². The molecule has 3 heteroatoms. The van der Waals surface area contributed by atoms with Crippen molar-refractivity contribution in [2.24, 2.45) is 11.8 Å². The number of nitrogens with one attached hydrogen (secondary N) is 1. The molecule has 2 aliphatic rings. The van der Waals surface area contributed by atoms with Crippen LogP contribution < -0.4 is 5.32 Å². The van der Waals surface area contributed by atoms with E-state index in [1.807, 2.05) is 11.9 Å². The minimum absolute atomic E-state index is 0.0659. The normalized spacial score (nSPS) is 32.7. The Kier molecular flexibility index (Phi) is 3.01. The summed E-state index contributed by atoms with van der Waals surface area (Å²) in [6.45, 7) is 5.33. The van der Waals surface area contributed by atoms with Gasteiger partial charge >= 0.3 is 0 Å². The van der Waals surface area contributed by atoms with Gasteiger partial charge in [0.25, 0.3) is 0 Å². The lowest BCUT2D eigenvalue weighted by atomic mass is 10.0. The van der Waals surface area contributed by atoms with Crippen molar-refractivity contribution in [2.75, 3.05) is 13.6 Å². The largest absolute Gasteiger partial charge is 0.341 e. The van der Waals surface area contributed by atoms with Crippen LogP contribution in [0.15, 0.2) is 0 Å². The van der Waals surface area contributed by atoms with Gasteiger partial charge in [-0.2, -0.15) is 0 Å². The van der Waals surface area contributed by atoms with Crippen LogP contribution in [-0.2, 0) is 4.79 Å². The first-order valence-electron chi connectivity index (χ1n) is 6.11. The molecule has 0 bridgehead atoms. The maximum Gasteiger partial charge on any atom is 0.239 e. The highest BCUT2D eigenvalue weighted by molar-refractivity contribution is 5.82. The molecule has 1 saturated heterocycles. The van der Waals surface area contributed by atoms with Crippen LogP contribution >= 0.6 is 0 Å². The Morgan fingerprint density at radius 1 is 1.40 bits per heavy atom. The Balaban J connectivity index is 1.93. The third-order valence-electron chi connectivity index (χ3n) is 4.06. The molecular weight excluding hydrogens is 188 g/mol. The summed E-state index contributed by atoms with van der Waals surface area (Å²) in [5.41, 5.74) is 0. The second-order valence-electron chi connectivity index (χ2n) is 5.22. The minimum Gasteiger partial charge on any atom is -0.341 e. The standard InChI is InChI=1S/C12H22N2O/c1-8-6-7-13-11(8)12(15)14(3)9(2)10-4-5-10/h8-11,13H,4-7H2,1-3H3. The molecule has 2 rings (SSSR count). The van der Waals surface area contributed by atoms with Crippen molar-refractivity contribution in [3.05, 3.63) is 0 Å². The second kappa shape index (κ2) is 4.12. The first-order valence-corrected chi connectivity index (χ1v) is 6.11. The van der Waals surface area contributed by atoms with E-state index in [2.05, 4.69) is 19.2 Å². The highest BCUT2D eigenvalue weighted by atomic mass is 16.2. The molecule has 1 aliphatic heterocycles. The molecule has 3 unspecified atom stereocenters. The minimum atomic E-state index is 0.0659. The zero-order valence-electron chi connectivity index (χ0n) is 9.99. The van der Waals surface area contributed by atoms with Gasteiger partial charge in [-0.15, -0.1) is 0 Å². The lowest BCUT2D eigenvalue weighted by Gasteiger charge is -2.29. The first kappa shape index (κ1) is 10.9. The fraction of sp³-hybridized carbons (Fsp3) is 0.917. The fourth-order valence-corrected chi connectivity index (χ4v) is 2.48. The molecule has 15 heavy (non-hydrogen) atoms. The van der Waals surface area contributed by atoms with Gasteiger partial charge < -0.3 is 10.2 Å². The van der Waals surface area contributed by atoms with Crippen molar-refractivity contribution in [1.82, 2.24) is 10.2 Å². The molecule has 1 heterocycles. The van der Waals surface area contributed by atoms with Gasteiger partial charge in [-0.25, -0.2) is 0 Å². The monoisotopic (exact) mass is 210 g/mol. The van der Waals surface area contributed by atoms with Crippen LogP contribution in [0.5, 0.6) is 0 Å². The summed E-state index contributed by atoms with van der Waals surface area (Å²) >= 11 is 0. The molecule has 0 aromatic heterocycles. The highest BCUT2D eigenvalue weighted by Crippen LogP contribution is 2.35. The number of hydrogen-bond donors (Lipinski definition) is 1. The van der Waals surface area contributed by atoms with Gasteiger partial charge in [0.15, 0.2) is 0 Å². The van der Waals surface area contributed by atoms with E-state index in [9.17, 15) is 4.79 Å². The topological polar surface area (TPSA) is 32.3 Å². The summed E-state index contributed by atoms with van der Waals surface area (Å²) < 4.78 is 0. The van der Waals surface area contributed by atoms with E-state index >= 15 is 0 Å². The smallest absolute Gasteiger partial charge is 0.239 e. The lowest BCUT2D eigenvalue weighted by molar-refractivity contribution is -0.134. The molecule has 1 aliphatic carbocycles. The average molecular weight is 210 g/mol. The molecule has 1 saturated carbocycles. The predicted molar refractivity (Wildman–Crippen MR) is 60.5 cm³/mol. The van der Waals surface area contributed by atoms with Crippen LogP contribution in [0.1, 0.15) is 33.1 Å². The van der Waals surface area contributed by atoms with Gasteiger partial charge in [-0.3, -0.25) is 4.79 Å². The van der Waals surface area contributed by atoms with E-state index in [-0.39, 0.29) is 6.04 Å². The first-order chi connectivity index (χ1) is 7.11. The average Bonchev–Trinajstić information content (AvgIpc) is 2.98. The summed E-state index contributed by atoms with van der Waals surface area (Å²) in [6.07, 6.45) is 3.72. The Morgan fingerprint density at radius 2 is 2.07 bits per heavy atom. The maximum absolute atomic E-state index is 12.2. The Morgan fingerprint density at radius 3 is 2.53 bits per heavy atom. The molecule has 1 N–H and O–H groups in total. The summed E-state index contributed by atoms with van der Waals surface area (Å²) in [5, 5.41) is 3.31. The molecule has 3 atom stereocenters. The van der Waals surface area contributed by atoms with Gasteiger partial charge in [0.1, 0.15) is 0 Å². The van der Waals surface area contributed by atoms with E-state index in [1.165, 1.54) is 12.8 Å². The molecule has 86 valence electrons. The number of carbonyl (C=O) groups is 1. The molecule has 1 amide bonds. The zero-order chi connectivity index (χ0) is 11.0. The van der Waals surface area contributed by atoms with Crippen molar-refractivity contribution in [1.29, 1.82) is 0 Å². The van der Waals surface area contributed by atoms with Gasteiger partial charge in [-0.1, -0.05) is 6.92 Å². The molecule has 0 radical (unpaired) electrons. The fourth-order valence-electron chi connectivity index (χ4n) is 2.48. The van der Waals surface area contributed by atoms with Crippen molar-refractivity contribution < 1.29 is 4.79 Å². The highest BCUT2D eigenvalue weighted by Gasteiger charge is 2.37. The van der Waals surface area contributed by atoms with E-state index in [0.717, 1.165) is 18.9 Å². The van der Waals surface area contributed by atoms with Gasteiger partial charge in [0, 0.05) is 13.1 Å². The summed E-state index contributed by atoms with van der Waals surface area (Å²) in [5.74, 6) is 1.54. The number of amides is 1. The van der Waals surface area contributed by atoms with Crippen molar-refractivity contribution in [3.63, 3.8) is 0 Å². The van der Waals surface area contributed by atoms with Gasteiger partial charge in [0.2, 0.25) is 5.91 Å². The van der Waals surface area contributed by atoms with Crippen LogP contribution in [0.3, 0.4) is 0 Å². The third kappa shape index (κ3) is 2.17. The zero-order valence-corrected chi connectivity index (χ0v) is 9.99. The molecule has 0 spiro atoms. The summed E-state index contributed by atoms with van der Waals surface area (Å²) in [6, 6.07) is 0.489. The Labute approximate surface area is 92.2 Å². The second-order valence-corrected chi connectivity index (χ2v) is 5.22. The van der Waals surface area contributed by atoms with E-state index in [1.54, 1.807) is 0 Å². The molecule has 0 aromatic carbocycles. The van der Waals surface area contributed by atoms with Crippen LogP contribution in [0, 0.1) is 11.8 Å². The molecular formula is C12H22N2O. The number of likely N-dealkylation sites (N-methyl/N-ethyl adjacent to an activating group) is 1. The van der Waals surface area contributed by atoms with Crippen molar-refractivity contribution in [3.8, 4) is 0 Å². The van der Waals surface area contributed by atoms with Crippen LogP contribution in [0.25, 0.3) is 0 Å². The number of carbonyl (C=O) groups excluding carboxylic acids is 1. The lowest BCUT2D eigenvalue weighted by Crippen LogP contribution is -2.48. The predicted octanol–water partition coefficient (Wildman–Crippen LogP) is 1.24. The van der Waals surface area contributed by atoms with Gasteiger partial charge in [0.05, 0.1) is 6.04 Å². The summed E-state index contributed by atoms with van der Waals surface area (Å²) in [4.78, 5) is 14.1. The molecule has 0 aromatic rings. The van der Waals surface area contributed by atoms with Crippen molar-refractivity contribution in [2.45, 2.75) is 45.2 Å². The number of nitrogens with zero attached hydrogens (tertiary/aromatic N) is 1. The SMILES string of the molecule is CC1CCNC1C(=O)N(C)C(C)C1CC1. The number of hydrogen-bond acceptors (Lipinski definition) is 2. The van der Waals surface area contributed by atoms with Crippen LogP contribution in [0.2, 0.25) is 0 Å². The Bertz CT molecular complexity index is 250. The third-order valence-corrected chi connectivity index (χ3v) is 4.06. The van der Waals surface area contributed by atoms with E-state index < -0.39 is 0 Å². The van der Waals surface area contributed by atoms with Crippen LogP contribution in [-0.4, -0.2) is 36.5 Å². The molecule has 3 nitrogen and oxygen atoms in total. The van der Waals surface area contributed by atoms with Gasteiger partial charge in [-0.05, 0) is 44.6 Å². The summed E-state index contributed by atoms with van der Waals surface area (Å²) in [7, 11) is 1.96.